The van der Waals surface area contributed by atoms with Gasteiger partial charge in [0.25, 0.3) is 0 Å². The molecule has 7 heteroatoms. The summed E-state index contributed by atoms with van der Waals surface area (Å²) in [4.78, 5) is 26.1. The van der Waals surface area contributed by atoms with Gasteiger partial charge in [-0.2, -0.15) is 0 Å². The maximum Gasteiger partial charge on any atom is 0.306 e. The maximum atomic E-state index is 13.0. The van der Waals surface area contributed by atoms with E-state index in [1.165, 1.54) is 11.8 Å². The van der Waals surface area contributed by atoms with Crippen LogP contribution in [0.3, 0.4) is 0 Å². The van der Waals surface area contributed by atoms with Gasteiger partial charge in [-0.1, -0.05) is 71.9 Å². The molecule has 2 atom stereocenters. The number of carbonyl (C=O) groups is 2. The smallest absolute Gasteiger partial charge is 0.306 e. The lowest BCUT2D eigenvalue weighted by Crippen LogP contribution is -2.51. The molecular formula is C25H44O4S2Si. The van der Waals surface area contributed by atoms with Crippen LogP contribution in [-0.4, -0.2) is 44.6 Å². The van der Waals surface area contributed by atoms with Gasteiger partial charge in [0, 0.05) is 22.8 Å². The Morgan fingerprint density at radius 1 is 1.09 bits per heavy atom. The number of esters is 1. The molecule has 0 aromatic heterocycles. The summed E-state index contributed by atoms with van der Waals surface area (Å²) in [5.41, 5.74) is 3.27. The highest BCUT2D eigenvalue weighted by Crippen LogP contribution is 2.46. The van der Waals surface area contributed by atoms with Crippen LogP contribution in [0.2, 0.25) is 16.6 Å². The van der Waals surface area contributed by atoms with Gasteiger partial charge in [0.2, 0.25) is 13.4 Å². The normalized spacial score (nSPS) is 20.1. The average Bonchev–Trinajstić information content (AvgIpc) is 2.85. The molecule has 0 spiro atoms. The number of allylic oxidation sites excluding steroid dienone is 1. The number of ether oxygens (including phenoxy) is 1. The van der Waals surface area contributed by atoms with Gasteiger partial charge < -0.3 is 9.16 Å². The fourth-order valence-corrected chi connectivity index (χ4v) is 12.1. The van der Waals surface area contributed by atoms with Crippen molar-refractivity contribution in [1.29, 1.82) is 0 Å². The molecule has 0 aromatic carbocycles. The summed E-state index contributed by atoms with van der Waals surface area (Å²) in [5.74, 6) is -0.0269. The fraction of sp³-hybridized carbons (Fsp3) is 0.760. The lowest BCUT2D eigenvalue weighted by atomic mass is 9.96. The zero-order valence-corrected chi connectivity index (χ0v) is 24.4. The molecule has 184 valence electrons. The molecule has 4 nitrogen and oxygen atoms in total. The SMILES string of the molecule is CCOC(=O)CCC1=C(C(=O)SC)C(SC)=C[C@@H](C)[C@@H](O[Si](C(C)C)(C(C)C)C(C)C)C1. The minimum Gasteiger partial charge on any atom is -0.466 e. The van der Waals surface area contributed by atoms with Crippen LogP contribution in [0.4, 0.5) is 0 Å². The molecule has 0 fully saturated rings. The standard InChI is InChI=1S/C25H44O4S2Si/c1-11-28-23(26)13-12-20-15-21(29-32(16(2)3,17(4)5)18(6)7)19(8)14-22(30-9)24(20)25(27)31-10/h14,16-19,21H,11-13,15H2,1-10H3/t19-,21+/m1/s1. The molecule has 0 heterocycles. The van der Waals surface area contributed by atoms with Crippen molar-refractivity contribution >= 4 is 42.9 Å². The first-order valence-corrected chi connectivity index (χ1v) is 16.4. The van der Waals surface area contributed by atoms with Crippen LogP contribution in [0, 0.1) is 5.92 Å². The van der Waals surface area contributed by atoms with Crippen molar-refractivity contribution in [3.63, 3.8) is 0 Å². The Balaban J connectivity index is 3.49. The summed E-state index contributed by atoms with van der Waals surface area (Å²) in [7, 11) is -2.10. The number of carbonyl (C=O) groups excluding carboxylic acids is 2. The lowest BCUT2D eigenvalue weighted by Gasteiger charge is -2.45. The molecule has 1 aliphatic rings. The predicted molar refractivity (Wildman–Crippen MR) is 143 cm³/mol. The Morgan fingerprint density at radius 2 is 1.66 bits per heavy atom. The summed E-state index contributed by atoms with van der Waals surface area (Å²) < 4.78 is 12.4. The van der Waals surface area contributed by atoms with E-state index in [2.05, 4.69) is 54.5 Å². The molecule has 1 rings (SSSR count). The third-order valence-corrected chi connectivity index (χ3v) is 14.1. The first kappa shape index (κ1) is 29.5. The molecule has 0 amide bonds. The van der Waals surface area contributed by atoms with Crippen molar-refractivity contribution in [3.05, 3.63) is 22.1 Å². The Labute approximate surface area is 205 Å². The van der Waals surface area contributed by atoms with E-state index >= 15 is 0 Å². The quantitative estimate of drug-likeness (QED) is 0.218. The van der Waals surface area contributed by atoms with Gasteiger partial charge in [-0.25, -0.2) is 0 Å². The average molecular weight is 501 g/mol. The van der Waals surface area contributed by atoms with E-state index in [9.17, 15) is 9.59 Å². The van der Waals surface area contributed by atoms with Gasteiger partial charge in [0.05, 0.1) is 12.7 Å². The minimum atomic E-state index is -2.10. The number of hydrogen-bond donors (Lipinski definition) is 0. The molecule has 0 unspecified atom stereocenters. The predicted octanol–water partition coefficient (Wildman–Crippen LogP) is 7.36. The Kier molecular flexibility index (Phi) is 12.4. The molecule has 0 radical (unpaired) electrons. The second kappa shape index (κ2) is 13.4. The third kappa shape index (κ3) is 7.00. The van der Waals surface area contributed by atoms with Crippen LogP contribution < -0.4 is 0 Å². The monoisotopic (exact) mass is 500 g/mol. The summed E-state index contributed by atoms with van der Waals surface area (Å²) in [6, 6.07) is 0. The van der Waals surface area contributed by atoms with Crippen molar-refractivity contribution in [2.75, 3.05) is 19.1 Å². The van der Waals surface area contributed by atoms with Crippen LogP contribution in [0.25, 0.3) is 0 Å². The number of rotatable bonds is 11. The third-order valence-electron chi connectivity index (χ3n) is 6.66. The lowest BCUT2D eigenvalue weighted by molar-refractivity contribution is -0.143. The molecule has 1 aliphatic carbocycles. The molecule has 0 aromatic rings. The fourth-order valence-electron chi connectivity index (χ4n) is 5.18. The van der Waals surface area contributed by atoms with E-state index < -0.39 is 8.32 Å². The van der Waals surface area contributed by atoms with Crippen molar-refractivity contribution in [2.45, 2.75) is 97.4 Å². The topological polar surface area (TPSA) is 52.6 Å². The van der Waals surface area contributed by atoms with Gasteiger partial charge in [-0.3, -0.25) is 9.59 Å². The van der Waals surface area contributed by atoms with E-state index in [1.54, 1.807) is 11.8 Å². The molecule has 0 saturated carbocycles. The van der Waals surface area contributed by atoms with Gasteiger partial charge in [0.1, 0.15) is 0 Å². The molecular weight excluding hydrogens is 456 g/mol. The zero-order chi connectivity index (χ0) is 24.6. The second-order valence-corrected chi connectivity index (χ2v) is 16.6. The van der Waals surface area contributed by atoms with E-state index in [0.29, 0.717) is 36.1 Å². The second-order valence-electron chi connectivity index (χ2n) is 9.55. The van der Waals surface area contributed by atoms with Crippen LogP contribution in [0.5, 0.6) is 0 Å². The largest absolute Gasteiger partial charge is 0.466 e. The molecule has 0 saturated heterocycles. The van der Waals surface area contributed by atoms with Gasteiger partial charge in [-0.15, -0.1) is 11.8 Å². The van der Waals surface area contributed by atoms with Crippen LogP contribution in [-0.2, 0) is 18.8 Å². The first-order chi connectivity index (χ1) is 15.0. The summed E-state index contributed by atoms with van der Waals surface area (Å²) in [6.45, 7) is 18.2. The molecule has 0 aliphatic heterocycles. The Bertz CT molecular complexity index is 691. The van der Waals surface area contributed by atoms with E-state index in [-0.39, 0.29) is 29.5 Å². The van der Waals surface area contributed by atoms with Gasteiger partial charge in [0.15, 0.2) is 0 Å². The Hall–Kier alpha value is -0.503. The summed E-state index contributed by atoms with van der Waals surface area (Å²) in [6.07, 6.45) is 7.57. The first-order valence-electron chi connectivity index (χ1n) is 11.9. The molecule has 32 heavy (non-hydrogen) atoms. The molecule has 0 N–H and O–H groups in total. The maximum absolute atomic E-state index is 13.0. The van der Waals surface area contributed by atoms with E-state index in [0.717, 1.165) is 16.1 Å². The summed E-state index contributed by atoms with van der Waals surface area (Å²) in [5, 5.41) is 0.0670. The van der Waals surface area contributed by atoms with Crippen molar-refractivity contribution in [2.24, 2.45) is 5.92 Å². The van der Waals surface area contributed by atoms with Crippen molar-refractivity contribution < 1.29 is 18.8 Å². The van der Waals surface area contributed by atoms with Crippen LogP contribution >= 0.6 is 23.5 Å². The van der Waals surface area contributed by atoms with Crippen LogP contribution in [0.1, 0.15) is 74.7 Å². The zero-order valence-electron chi connectivity index (χ0n) is 21.7. The minimum absolute atomic E-state index is 0.000341. The van der Waals surface area contributed by atoms with E-state index in [4.69, 9.17) is 9.16 Å². The van der Waals surface area contributed by atoms with Gasteiger partial charge >= 0.3 is 5.97 Å². The van der Waals surface area contributed by atoms with E-state index in [1.807, 2.05) is 19.4 Å². The molecule has 0 bridgehead atoms. The van der Waals surface area contributed by atoms with Gasteiger partial charge in [-0.05, 0) is 48.9 Å². The van der Waals surface area contributed by atoms with Crippen molar-refractivity contribution in [1.82, 2.24) is 0 Å². The Morgan fingerprint density at radius 3 is 2.09 bits per heavy atom. The van der Waals surface area contributed by atoms with Crippen LogP contribution in [0.15, 0.2) is 22.1 Å². The highest BCUT2D eigenvalue weighted by molar-refractivity contribution is 8.13. The number of thioether (sulfide) groups is 2. The van der Waals surface area contributed by atoms with Crippen molar-refractivity contribution in [3.8, 4) is 0 Å². The number of hydrogen-bond acceptors (Lipinski definition) is 6. The highest BCUT2D eigenvalue weighted by atomic mass is 32.2. The highest BCUT2D eigenvalue weighted by Gasteiger charge is 2.47. The summed E-state index contributed by atoms with van der Waals surface area (Å²) >= 11 is 2.85.